The van der Waals surface area contributed by atoms with Crippen LogP contribution in [0.4, 0.5) is 0 Å². The highest BCUT2D eigenvalue weighted by Gasteiger charge is 2.22. The second-order valence-electron chi connectivity index (χ2n) is 6.87. The van der Waals surface area contributed by atoms with Gasteiger partial charge in [-0.1, -0.05) is 18.2 Å². The molecule has 0 bridgehead atoms. The number of phenolic OH excluding ortho intramolecular Hbond substituents is 2. The number of nitrogens with zero attached hydrogens (tertiary/aromatic N) is 1. The zero-order chi connectivity index (χ0) is 19.6. The Labute approximate surface area is 161 Å². The van der Waals surface area contributed by atoms with Crippen molar-refractivity contribution in [2.45, 2.75) is 58.0 Å². The molecule has 1 heterocycles. The van der Waals surface area contributed by atoms with E-state index < -0.39 is 5.97 Å². The summed E-state index contributed by atoms with van der Waals surface area (Å²) in [6.45, 7) is 6.18. The van der Waals surface area contributed by atoms with Crippen molar-refractivity contribution in [3.8, 4) is 11.5 Å². The van der Waals surface area contributed by atoms with Crippen LogP contribution in [-0.2, 0) is 11.2 Å². The summed E-state index contributed by atoms with van der Waals surface area (Å²) in [4.78, 5) is 17.3. The number of aromatic hydroxyl groups is 2. The van der Waals surface area contributed by atoms with E-state index in [0.717, 1.165) is 37.8 Å². The number of fused-ring (bicyclic) bond motifs is 1. The second kappa shape index (κ2) is 10.6. The molecule has 1 aromatic rings. The summed E-state index contributed by atoms with van der Waals surface area (Å²) in [5.41, 5.74) is 1.59. The van der Waals surface area contributed by atoms with E-state index >= 15 is 0 Å². The molecular formula is C22H29NO4. The number of rotatable bonds is 3. The van der Waals surface area contributed by atoms with E-state index in [0.29, 0.717) is 24.9 Å². The fraction of sp³-hybridized carbons (Fsp3) is 0.455. The highest BCUT2D eigenvalue weighted by Crippen LogP contribution is 2.29. The molecule has 1 aliphatic heterocycles. The maximum Gasteiger partial charge on any atom is 0.342 e. The third kappa shape index (κ3) is 6.59. The number of esters is 1. The molecule has 1 aromatic carbocycles. The number of cyclic esters (lactones) is 1. The third-order valence-corrected chi connectivity index (χ3v) is 4.48. The molecule has 0 aliphatic carbocycles. The number of hydrogen-bond donors (Lipinski definition) is 2. The van der Waals surface area contributed by atoms with Gasteiger partial charge in [0.2, 0.25) is 0 Å². The zero-order valence-corrected chi connectivity index (χ0v) is 16.0. The molecule has 1 unspecified atom stereocenters. The second-order valence-corrected chi connectivity index (χ2v) is 6.87. The lowest BCUT2D eigenvalue weighted by atomic mass is 9.97. The Morgan fingerprint density at radius 3 is 2.89 bits per heavy atom. The average molecular weight is 371 g/mol. The minimum Gasteiger partial charge on any atom is -0.508 e. The molecule has 0 aromatic heterocycles. The van der Waals surface area contributed by atoms with E-state index in [1.54, 1.807) is 0 Å². The molecule has 1 atom stereocenters. The van der Waals surface area contributed by atoms with Gasteiger partial charge in [-0.05, 0) is 50.7 Å². The average Bonchev–Trinajstić information content (AvgIpc) is 2.59. The zero-order valence-electron chi connectivity index (χ0n) is 16.0. The predicted octanol–water partition coefficient (Wildman–Crippen LogP) is 4.72. The number of carbonyl (C=O) groups is 1. The van der Waals surface area contributed by atoms with Gasteiger partial charge in [0.25, 0.3) is 0 Å². The molecular weight excluding hydrogens is 342 g/mol. The first-order valence-corrected chi connectivity index (χ1v) is 9.55. The third-order valence-electron chi connectivity index (χ3n) is 4.48. The highest BCUT2D eigenvalue weighted by molar-refractivity contribution is 5.97. The quantitative estimate of drug-likeness (QED) is 0.458. The molecule has 0 saturated heterocycles. The lowest BCUT2D eigenvalue weighted by Crippen LogP contribution is -2.17. The molecule has 0 radical (unpaired) electrons. The minimum atomic E-state index is -0.578. The predicted molar refractivity (Wildman–Crippen MR) is 108 cm³/mol. The van der Waals surface area contributed by atoms with Crippen LogP contribution in [0.3, 0.4) is 0 Å². The maximum atomic E-state index is 12.6. The summed E-state index contributed by atoms with van der Waals surface area (Å²) in [6, 6.07) is 2.68. The van der Waals surface area contributed by atoms with Gasteiger partial charge in [0, 0.05) is 31.2 Å². The van der Waals surface area contributed by atoms with Crippen LogP contribution >= 0.6 is 0 Å². The van der Waals surface area contributed by atoms with Crippen molar-refractivity contribution in [1.82, 2.24) is 0 Å². The van der Waals surface area contributed by atoms with Gasteiger partial charge in [0.05, 0.1) is 0 Å². The largest absolute Gasteiger partial charge is 0.508 e. The fourth-order valence-corrected chi connectivity index (χ4v) is 3.09. The summed E-state index contributed by atoms with van der Waals surface area (Å²) in [5.74, 6) is -0.928. The van der Waals surface area contributed by atoms with Gasteiger partial charge in [0.15, 0.2) is 0 Å². The van der Waals surface area contributed by atoms with Crippen molar-refractivity contribution in [1.29, 1.82) is 0 Å². The fourth-order valence-electron chi connectivity index (χ4n) is 3.09. The smallest absolute Gasteiger partial charge is 0.342 e. The molecule has 0 amide bonds. The van der Waals surface area contributed by atoms with Gasteiger partial charge >= 0.3 is 5.97 Å². The molecule has 146 valence electrons. The molecule has 0 fully saturated rings. The first-order valence-electron chi connectivity index (χ1n) is 9.55. The van der Waals surface area contributed by atoms with Gasteiger partial charge in [-0.25, -0.2) is 4.79 Å². The van der Waals surface area contributed by atoms with Gasteiger partial charge in [-0.15, -0.1) is 6.58 Å². The Morgan fingerprint density at radius 1 is 1.30 bits per heavy atom. The Balaban J connectivity index is 2.38. The van der Waals surface area contributed by atoms with E-state index in [9.17, 15) is 15.0 Å². The minimum absolute atomic E-state index is 0.0819. The summed E-state index contributed by atoms with van der Waals surface area (Å²) < 4.78 is 5.49. The Hall–Kier alpha value is -2.56. The molecule has 27 heavy (non-hydrogen) atoms. The van der Waals surface area contributed by atoms with Crippen LogP contribution in [0.5, 0.6) is 11.5 Å². The van der Waals surface area contributed by atoms with E-state index in [1.807, 2.05) is 19.1 Å². The number of ether oxygens (including phenoxy) is 1. The van der Waals surface area contributed by atoms with E-state index in [-0.39, 0.29) is 23.2 Å². The van der Waals surface area contributed by atoms with Crippen molar-refractivity contribution in [2.75, 3.05) is 6.54 Å². The van der Waals surface area contributed by atoms with Crippen molar-refractivity contribution in [3.63, 3.8) is 0 Å². The first kappa shape index (κ1) is 20.7. The van der Waals surface area contributed by atoms with Crippen LogP contribution in [0.1, 0.15) is 61.4 Å². The summed E-state index contributed by atoms with van der Waals surface area (Å²) in [5, 5.41) is 20.2. The topological polar surface area (TPSA) is 79.1 Å². The normalized spacial score (nSPS) is 21.7. The van der Waals surface area contributed by atoms with Crippen LogP contribution < -0.4 is 0 Å². The first-order chi connectivity index (χ1) is 13.0. The standard InChI is InChI=1S/C22H29NO4/c1-3-4-12-23-18-11-9-7-5-6-8-10-16(2)27-22(26)21-17(13-18)14-19(24)15-20(21)25/h3,6,8,14-16,24-25H,1,4-5,7,9-13H2,2H3/b8-6+,23-18?. The number of phenols is 2. The van der Waals surface area contributed by atoms with E-state index in [1.165, 1.54) is 12.1 Å². The SMILES string of the molecule is C=CCCN=C1CCCC/C=C/CC(C)OC(=O)c2c(O)cc(O)cc2C1. The molecule has 0 spiro atoms. The lowest BCUT2D eigenvalue weighted by Gasteiger charge is -2.16. The summed E-state index contributed by atoms with van der Waals surface area (Å²) >= 11 is 0. The molecule has 5 nitrogen and oxygen atoms in total. The van der Waals surface area contributed by atoms with Gasteiger partial charge in [-0.3, -0.25) is 4.99 Å². The molecule has 2 rings (SSSR count). The van der Waals surface area contributed by atoms with Crippen molar-refractivity contribution in [2.24, 2.45) is 4.99 Å². The maximum absolute atomic E-state index is 12.6. The highest BCUT2D eigenvalue weighted by atomic mass is 16.5. The monoisotopic (exact) mass is 371 g/mol. The van der Waals surface area contributed by atoms with Crippen LogP contribution in [-0.4, -0.2) is 34.5 Å². The number of allylic oxidation sites excluding steroid dienone is 1. The van der Waals surface area contributed by atoms with Gasteiger partial charge in [0.1, 0.15) is 23.2 Å². The van der Waals surface area contributed by atoms with Crippen LogP contribution in [0, 0.1) is 0 Å². The molecule has 0 saturated carbocycles. The van der Waals surface area contributed by atoms with Gasteiger partial charge in [-0.2, -0.15) is 0 Å². The van der Waals surface area contributed by atoms with Crippen molar-refractivity contribution >= 4 is 11.7 Å². The van der Waals surface area contributed by atoms with Crippen LogP contribution in [0.25, 0.3) is 0 Å². The van der Waals surface area contributed by atoms with Gasteiger partial charge < -0.3 is 14.9 Å². The van der Waals surface area contributed by atoms with E-state index in [2.05, 4.69) is 17.6 Å². The number of aliphatic imine (C=N–C) groups is 1. The van der Waals surface area contributed by atoms with E-state index in [4.69, 9.17) is 4.74 Å². The number of benzene rings is 1. The van der Waals surface area contributed by atoms with Crippen LogP contribution in [0.2, 0.25) is 0 Å². The van der Waals surface area contributed by atoms with Crippen molar-refractivity contribution < 1.29 is 19.7 Å². The molecule has 2 N–H and O–H groups in total. The Bertz CT molecular complexity index is 721. The van der Waals surface area contributed by atoms with Crippen LogP contribution in [0.15, 0.2) is 41.9 Å². The number of carbonyl (C=O) groups excluding carboxylic acids is 1. The van der Waals surface area contributed by atoms with Crippen molar-refractivity contribution in [3.05, 3.63) is 48.1 Å². The lowest BCUT2D eigenvalue weighted by molar-refractivity contribution is 0.0343. The summed E-state index contributed by atoms with van der Waals surface area (Å²) in [6.07, 6.45) is 11.3. The molecule has 1 aliphatic rings. The Kier molecular flexibility index (Phi) is 8.11. The molecule has 5 heteroatoms. The Morgan fingerprint density at radius 2 is 2.11 bits per heavy atom. The number of hydrogen-bond acceptors (Lipinski definition) is 5. The summed E-state index contributed by atoms with van der Waals surface area (Å²) in [7, 11) is 0.